The van der Waals surface area contributed by atoms with Gasteiger partial charge in [-0.1, -0.05) is 48.5 Å². The summed E-state index contributed by atoms with van der Waals surface area (Å²) in [5.41, 5.74) is 9.21. The summed E-state index contributed by atoms with van der Waals surface area (Å²) in [7, 11) is 0. The zero-order valence-electron chi connectivity index (χ0n) is 15.2. The number of para-hydroxylation sites is 1. The maximum Gasteiger partial charge on any atom is 0.226 e. The molecule has 2 aromatic rings. The third-order valence-corrected chi connectivity index (χ3v) is 5.36. The van der Waals surface area contributed by atoms with E-state index in [1.807, 2.05) is 60.3 Å². The maximum atomic E-state index is 12.4. The van der Waals surface area contributed by atoms with E-state index in [1.165, 1.54) is 11.5 Å². The number of carbonyl (C=O) groups is 1. The lowest BCUT2D eigenvalue weighted by molar-refractivity contribution is -0.116. The second-order valence-electron chi connectivity index (χ2n) is 6.32. The van der Waals surface area contributed by atoms with Crippen LogP contribution in [-0.4, -0.2) is 35.4 Å². The van der Waals surface area contributed by atoms with Crippen LogP contribution < -0.4 is 11.1 Å². The van der Waals surface area contributed by atoms with E-state index >= 15 is 0 Å². The largest absolute Gasteiger partial charge is 0.326 e. The van der Waals surface area contributed by atoms with Crippen LogP contribution in [0.4, 0.5) is 5.69 Å². The van der Waals surface area contributed by atoms with Crippen LogP contribution in [0.2, 0.25) is 0 Å². The Morgan fingerprint density at radius 1 is 1.04 bits per heavy atom. The van der Waals surface area contributed by atoms with Crippen molar-refractivity contribution in [3.8, 4) is 0 Å². The lowest BCUT2D eigenvalue weighted by Gasteiger charge is -2.27. The Bertz CT molecular complexity index is 697. The number of hydrogen-bond acceptors (Lipinski definition) is 4. The highest BCUT2D eigenvalue weighted by Gasteiger charge is 2.15. The molecular weight excluding hydrogens is 401 g/mol. The van der Waals surface area contributed by atoms with Crippen LogP contribution in [-0.2, 0) is 11.3 Å². The van der Waals surface area contributed by atoms with Crippen molar-refractivity contribution < 1.29 is 4.79 Å². The predicted octanol–water partition coefficient (Wildman–Crippen LogP) is 4.11. The van der Waals surface area contributed by atoms with Gasteiger partial charge >= 0.3 is 0 Å². The number of nitrogens with zero attached hydrogens (tertiary/aromatic N) is 1. The van der Waals surface area contributed by atoms with E-state index in [0.717, 1.165) is 36.4 Å². The molecule has 2 aromatic carbocycles. The SMILES string of the molecule is Cl.Cl.NC(CC(=O)Nc1ccccc1CN1CCSCC1)c1ccccc1. The first-order chi connectivity index (χ1) is 12.2. The number of rotatable bonds is 6. The normalized spacial score (nSPS) is 15.1. The molecule has 0 bridgehead atoms. The van der Waals surface area contributed by atoms with Crippen molar-refractivity contribution in [3.63, 3.8) is 0 Å². The number of halogens is 2. The summed E-state index contributed by atoms with van der Waals surface area (Å²) in [6.07, 6.45) is 0.276. The van der Waals surface area contributed by atoms with Crippen LogP contribution in [0.25, 0.3) is 0 Å². The zero-order valence-corrected chi connectivity index (χ0v) is 17.6. The third kappa shape index (κ3) is 7.35. The van der Waals surface area contributed by atoms with E-state index in [2.05, 4.69) is 16.3 Å². The van der Waals surface area contributed by atoms with Crippen LogP contribution in [0.1, 0.15) is 23.6 Å². The van der Waals surface area contributed by atoms with Crippen molar-refractivity contribution in [2.45, 2.75) is 19.0 Å². The van der Waals surface area contributed by atoms with Gasteiger partial charge in [-0.3, -0.25) is 9.69 Å². The molecule has 0 aliphatic carbocycles. The van der Waals surface area contributed by atoms with Gasteiger partial charge in [-0.15, -0.1) is 24.8 Å². The fourth-order valence-corrected chi connectivity index (χ4v) is 3.98. The van der Waals surface area contributed by atoms with Crippen LogP contribution in [0.5, 0.6) is 0 Å². The number of benzene rings is 2. The molecule has 1 amide bonds. The highest BCUT2D eigenvalue weighted by Crippen LogP contribution is 2.21. The minimum absolute atomic E-state index is 0. The smallest absolute Gasteiger partial charge is 0.226 e. The van der Waals surface area contributed by atoms with Gasteiger partial charge in [-0.2, -0.15) is 11.8 Å². The molecule has 1 aliphatic rings. The maximum absolute atomic E-state index is 12.4. The minimum atomic E-state index is -0.285. The summed E-state index contributed by atoms with van der Waals surface area (Å²) in [6.45, 7) is 3.08. The molecule has 1 atom stereocenters. The lowest BCUT2D eigenvalue weighted by atomic mass is 10.0. The van der Waals surface area contributed by atoms with Gasteiger partial charge in [-0.25, -0.2) is 0 Å². The second-order valence-corrected chi connectivity index (χ2v) is 7.54. The summed E-state index contributed by atoms with van der Waals surface area (Å²) in [5, 5.41) is 3.05. The number of hydrogen-bond donors (Lipinski definition) is 2. The molecule has 1 heterocycles. The van der Waals surface area contributed by atoms with Crippen molar-refractivity contribution >= 4 is 48.2 Å². The van der Waals surface area contributed by atoms with Gasteiger partial charge in [0.25, 0.3) is 0 Å². The quantitative estimate of drug-likeness (QED) is 0.727. The first kappa shape index (κ1) is 23.8. The van der Waals surface area contributed by atoms with Crippen molar-refractivity contribution in [1.29, 1.82) is 0 Å². The van der Waals surface area contributed by atoms with Crippen LogP contribution in [0.3, 0.4) is 0 Å². The third-order valence-electron chi connectivity index (χ3n) is 4.42. The number of amides is 1. The van der Waals surface area contributed by atoms with Gasteiger partial charge < -0.3 is 11.1 Å². The summed E-state index contributed by atoms with van der Waals surface area (Å²) in [4.78, 5) is 14.9. The lowest BCUT2D eigenvalue weighted by Crippen LogP contribution is -2.32. The Morgan fingerprint density at radius 2 is 1.67 bits per heavy atom. The molecular formula is C20H27Cl2N3OS. The van der Waals surface area contributed by atoms with Gasteiger partial charge in [0.1, 0.15) is 0 Å². The molecule has 3 rings (SSSR count). The van der Waals surface area contributed by atoms with Crippen LogP contribution in [0, 0.1) is 0 Å². The molecule has 0 spiro atoms. The molecule has 4 nitrogen and oxygen atoms in total. The fraction of sp³-hybridized carbons (Fsp3) is 0.350. The molecule has 3 N–H and O–H groups in total. The summed E-state index contributed by atoms with van der Waals surface area (Å²) in [6, 6.07) is 17.5. The Morgan fingerprint density at radius 3 is 2.37 bits per heavy atom. The summed E-state index contributed by atoms with van der Waals surface area (Å²) < 4.78 is 0. The Hall–Kier alpha value is -1.24. The van der Waals surface area contributed by atoms with Crippen molar-refractivity contribution in [2.24, 2.45) is 5.73 Å². The average Bonchev–Trinajstić information content (AvgIpc) is 2.65. The van der Waals surface area contributed by atoms with Gasteiger partial charge in [0.15, 0.2) is 0 Å². The standard InChI is InChI=1S/C20H25N3OS.2ClH/c21-18(16-6-2-1-3-7-16)14-20(24)22-19-9-5-4-8-17(19)15-23-10-12-25-13-11-23;;/h1-9,18H,10-15,21H2,(H,22,24);2*1H. The first-order valence-corrected chi connectivity index (χ1v) is 9.86. The second kappa shape index (κ2) is 12.3. The van der Waals surface area contributed by atoms with Gasteiger partial charge in [0, 0.05) is 49.3 Å². The van der Waals surface area contributed by atoms with E-state index in [-0.39, 0.29) is 43.2 Å². The number of thioether (sulfide) groups is 1. The first-order valence-electron chi connectivity index (χ1n) is 8.71. The van der Waals surface area contributed by atoms with E-state index in [9.17, 15) is 4.79 Å². The van der Waals surface area contributed by atoms with E-state index in [0.29, 0.717) is 0 Å². The topological polar surface area (TPSA) is 58.4 Å². The van der Waals surface area contributed by atoms with Gasteiger partial charge in [0.2, 0.25) is 5.91 Å². The zero-order chi connectivity index (χ0) is 17.5. The van der Waals surface area contributed by atoms with Crippen molar-refractivity contribution in [2.75, 3.05) is 29.9 Å². The highest BCUT2D eigenvalue weighted by atomic mass is 35.5. The predicted molar refractivity (Wildman–Crippen MR) is 120 cm³/mol. The summed E-state index contributed by atoms with van der Waals surface area (Å²) >= 11 is 2.00. The van der Waals surface area contributed by atoms with Gasteiger partial charge in [-0.05, 0) is 17.2 Å². The average molecular weight is 428 g/mol. The molecule has 148 valence electrons. The molecule has 27 heavy (non-hydrogen) atoms. The number of anilines is 1. The highest BCUT2D eigenvalue weighted by molar-refractivity contribution is 7.99. The van der Waals surface area contributed by atoms with E-state index in [1.54, 1.807) is 0 Å². The number of carbonyl (C=O) groups excluding carboxylic acids is 1. The molecule has 1 saturated heterocycles. The van der Waals surface area contributed by atoms with Crippen molar-refractivity contribution in [1.82, 2.24) is 4.90 Å². The summed E-state index contributed by atoms with van der Waals surface area (Å²) in [5.74, 6) is 2.32. The molecule has 1 aliphatic heterocycles. The Kier molecular flexibility index (Phi) is 10.8. The molecule has 0 radical (unpaired) electrons. The molecule has 7 heteroatoms. The molecule has 0 aromatic heterocycles. The molecule has 1 unspecified atom stereocenters. The Labute approximate surface area is 178 Å². The fourth-order valence-electron chi connectivity index (χ4n) is 3.00. The van der Waals surface area contributed by atoms with Crippen LogP contribution >= 0.6 is 36.6 Å². The molecule has 0 saturated carbocycles. The number of nitrogens with one attached hydrogen (secondary N) is 1. The van der Waals surface area contributed by atoms with Crippen LogP contribution in [0.15, 0.2) is 54.6 Å². The minimum Gasteiger partial charge on any atom is -0.326 e. The van der Waals surface area contributed by atoms with E-state index < -0.39 is 0 Å². The van der Waals surface area contributed by atoms with E-state index in [4.69, 9.17) is 5.73 Å². The van der Waals surface area contributed by atoms with Crippen molar-refractivity contribution in [3.05, 3.63) is 65.7 Å². The Balaban J connectivity index is 0.00000182. The van der Waals surface area contributed by atoms with Gasteiger partial charge in [0.05, 0.1) is 0 Å². The molecule has 1 fully saturated rings. The monoisotopic (exact) mass is 427 g/mol. The number of nitrogens with two attached hydrogens (primary N) is 1.